The smallest absolute Gasteiger partial charge is 0.0662 e. The average molecular weight is 277 g/mol. The lowest BCUT2D eigenvalue weighted by atomic mass is 10.1. The van der Waals surface area contributed by atoms with E-state index in [2.05, 4.69) is 21.2 Å². The predicted molar refractivity (Wildman–Crippen MR) is 60.7 cm³/mol. The van der Waals surface area contributed by atoms with Crippen molar-refractivity contribution in [2.75, 3.05) is 19.8 Å². The van der Waals surface area contributed by atoms with Crippen molar-refractivity contribution in [2.24, 2.45) is 0 Å². The molecule has 1 fully saturated rings. The van der Waals surface area contributed by atoms with Gasteiger partial charge in [-0.2, -0.15) is 0 Å². The first kappa shape index (κ1) is 10.4. The SMILES string of the molecule is Clc1c(Br)cccc1[C@H]1COCCN1. The van der Waals surface area contributed by atoms with Crippen LogP contribution in [0, 0.1) is 0 Å². The van der Waals surface area contributed by atoms with E-state index in [-0.39, 0.29) is 6.04 Å². The molecule has 0 aliphatic carbocycles. The van der Waals surface area contributed by atoms with Crippen molar-refractivity contribution in [3.63, 3.8) is 0 Å². The summed E-state index contributed by atoms with van der Waals surface area (Å²) in [7, 11) is 0. The number of ether oxygens (including phenoxy) is 1. The zero-order chi connectivity index (χ0) is 9.97. The molecule has 0 aromatic heterocycles. The molecule has 1 aliphatic heterocycles. The van der Waals surface area contributed by atoms with E-state index < -0.39 is 0 Å². The van der Waals surface area contributed by atoms with Gasteiger partial charge in [0.25, 0.3) is 0 Å². The van der Waals surface area contributed by atoms with E-state index in [1.165, 1.54) is 0 Å². The zero-order valence-corrected chi connectivity index (χ0v) is 9.94. The summed E-state index contributed by atoms with van der Waals surface area (Å²) in [6, 6.07) is 6.17. The van der Waals surface area contributed by atoms with Crippen molar-refractivity contribution < 1.29 is 4.74 Å². The van der Waals surface area contributed by atoms with Gasteiger partial charge in [-0.3, -0.25) is 0 Å². The minimum absolute atomic E-state index is 0.216. The Balaban J connectivity index is 2.26. The van der Waals surface area contributed by atoms with Crippen molar-refractivity contribution >= 4 is 27.5 Å². The molecule has 0 spiro atoms. The van der Waals surface area contributed by atoms with Crippen LogP contribution in [0.5, 0.6) is 0 Å². The van der Waals surface area contributed by atoms with Crippen molar-refractivity contribution in [3.8, 4) is 0 Å². The molecule has 76 valence electrons. The highest BCUT2D eigenvalue weighted by Gasteiger charge is 2.18. The molecule has 14 heavy (non-hydrogen) atoms. The molecule has 0 bridgehead atoms. The van der Waals surface area contributed by atoms with Gasteiger partial charge in [0.2, 0.25) is 0 Å². The maximum Gasteiger partial charge on any atom is 0.0662 e. The Morgan fingerprint density at radius 1 is 1.50 bits per heavy atom. The van der Waals surface area contributed by atoms with Gasteiger partial charge in [0.1, 0.15) is 0 Å². The maximum atomic E-state index is 6.18. The number of hydrogen-bond donors (Lipinski definition) is 1. The number of rotatable bonds is 1. The molecule has 1 aliphatic rings. The molecule has 1 aromatic rings. The molecule has 2 nitrogen and oxygen atoms in total. The van der Waals surface area contributed by atoms with E-state index in [9.17, 15) is 0 Å². The fourth-order valence-corrected chi connectivity index (χ4v) is 2.19. The van der Waals surface area contributed by atoms with Gasteiger partial charge in [-0.05, 0) is 27.6 Å². The molecule has 0 saturated carbocycles. The van der Waals surface area contributed by atoms with E-state index in [1.54, 1.807) is 0 Å². The van der Waals surface area contributed by atoms with Crippen LogP contribution in [0.1, 0.15) is 11.6 Å². The molecule has 0 radical (unpaired) electrons. The predicted octanol–water partition coefficient (Wildman–Crippen LogP) is 2.76. The Hall–Kier alpha value is -0.0900. The fraction of sp³-hybridized carbons (Fsp3) is 0.400. The second-order valence-corrected chi connectivity index (χ2v) is 4.46. The second kappa shape index (κ2) is 4.62. The molecule has 4 heteroatoms. The lowest BCUT2D eigenvalue weighted by Crippen LogP contribution is -2.34. The summed E-state index contributed by atoms with van der Waals surface area (Å²) in [4.78, 5) is 0. The highest BCUT2D eigenvalue weighted by molar-refractivity contribution is 9.10. The lowest BCUT2D eigenvalue weighted by Gasteiger charge is -2.25. The standard InChI is InChI=1S/C10H11BrClNO/c11-8-3-1-2-7(10(8)12)9-6-14-5-4-13-9/h1-3,9,13H,4-6H2/t9-/m1/s1. The summed E-state index contributed by atoms with van der Waals surface area (Å²) in [5.41, 5.74) is 1.10. The lowest BCUT2D eigenvalue weighted by molar-refractivity contribution is 0.0769. The summed E-state index contributed by atoms with van der Waals surface area (Å²) in [5.74, 6) is 0. The second-order valence-electron chi connectivity index (χ2n) is 3.22. The Labute approximate surface area is 96.7 Å². The number of hydrogen-bond acceptors (Lipinski definition) is 2. The van der Waals surface area contributed by atoms with E-state index in [0.29, 0.717) is 6.61 Å². The number of halogens is 2. The molecule has 1 aromatic carbocycles. The Morgan fingerprint density at radius 3 is 3.07 bits per heavy atom. The van der Waals surface area contributed by atoms with Crippen molar-refractivity contribution in [2.45, 2.75) is 6.04 Å². The van der Waals surface area contributed by atoms with Crippen LogP contribution in [0.3, 0.4) is 0 Å². The highest BCUT2D eigenvalue weighted by Crippen LogP contribution is 2.30. The van der Waals surface area contributed by atoms with E-state index >= 15 is 0 Å². The van der Waals surface area contributed by atoms with Crippen molar-refractivity contribution in [1.29, 1.82) is 0 Å². The Bertz CT molecular complexity index is 326. The molecule has 1 heterocycles. The Kier molecular flexibility index (Phi) is 3.44. The summed E-state index contributed by atoms with van der Waals surface area (Å²) in [6.45, 7) is 2.35. The number of morpholine rings is 1. The van der Waals surface area contributed by atoms with Crippen LogP contribution in [0.25, 0.3) is 0 Å². The molecular formula is C10H11BrClNO. The van der Waals surface area contributed by atoms with Crippen molar-refractivity contribution in [1.82, 2.24) is 5.32 Å². The zero-order valence-electron chi connectivity index (χ0n) is 7.59. The first-order chi connectivity index (χ1) is 6.79. The van der Waals surface area contributed by atoms with Gasteiger partial charge in [-0.15, -0.1) is 0 Å². The van der Waals surface area contributed by atoms with Gasteiger partial charge < -0.3 is 10.1 Å². The first-order valence-corrected chi connectivity index (χ1v) is 5.71. The van der Waals surface area contributed by atoms with Gasteiger partial charge in [0, 0.05) is 11.0 Å². The summed E-state index contributed by atoms with van der Waals surface area (Å²) < 4.78 is 6.33. The van der Waals surface area contributed by atoms with Crippen LogP contribution < -0.4 is 5.32 Å². The summed E-state index contributed by atoms with van der Waals surface area (Å²) >= 11 is 9.60. The van der Waals surface area contributed by atoms with E-state index in [4.69, 9.17) is 16.3 Å². The third-order valence-corrected chi connectivity index (χ3v) is 3.59. The third-order valence-electron chi connectivity index (χ3n) is 2.28. The summed E-state index contributed by atoms with van der Waals surface area (Å²) in [6.07, 6.45) is 0. The first-order valence-electron chi connectivity index (χ1n) is 4.54. The molecule has 1 atom stereocenters. The summed E-state index contributed by atoms with van der Waals surface area (Å²) in [5, 5.41) is 4.15. The quantitative estimate of drug-likeness (QED) is 0.852. The molecule has 0 amide bonds. The van der Waals surface area contributed by atoms with E-state index in [1.807, 2.05) is 18.2 Å². The van der Waals surface area contributed by atoms with Gasteiger partial charge in [-0.1, -0.05) is 23.7 Å². The molecule has 2 rings (SSSR count). The monoisotopic (exact) mass is 275 g/mol. The largest absolute Gasteiger partial charge is 0.378 e. The van der Waals surface area contributed by atoms with Crippen LogP contribution in [-0.2, 0) is 4.74 Å². The minimum atomic E-state index is 0.216. The van der Waals surface area contributed by atoms with Crippen LogP contribution in [0.2, 0.25) is 5.02 Å². The maximum absolute atomic E-state index is 6.18. The average Bonchev–Trinajstić information content (AvgIpc) is 2.23. The normalized spacial score (nSPS) is 22.3. The molecule has 0 unspecified atom stereocenters. The number of benzene rings is 1. The van der Waals surface area contributed by atoms with Gasteiger partial charge in [0.15, 0.2) is 0 Å². The van der Waals surface area contributed by atoms with Gasteiger partial charge in [0.05, 0.1) is 24.3 Å². The minimum Gasteiger partial charge on any atom is -0.378 e. The molecule has 1 saturated heterocycles. The van der Waals surface area contributed by atoms with Gasteiger partial charge in [-0.25, -0.2) is 0 Å². The fourth-order valence-electron chi connectivity index (χ4n) is 1.55. The van der Waals surface area contributed by atoms with Crippen LogP contribution in [-0.4, -0.2) is 19.8 Å². The number of nitrogens with one attached hydrogen (secondary N) is 1. The van der Waals surface area contributed by atoms with Crippen LogP contribution >= 0.6 is 27.5 Å². The van der Waals surface area contributed by atoms with E-state index in [0.717, 1.165) is 28.2 Å². The van der Waals surface area contributed by atoms with Crippen LogP contribution in [0.15, 0.2) is 22.7 Å². The third kappa shape index (κ3) is 2.11. The topological polar surface area (TPSA) is 21.3 Å². The highest BCUT2D eigenvalue weighted by atomic mass is 79.9. The van der Waals surface area contributed by atoms with Crippen molar-refractivity contribution in [3.05, 3.63) is 33.3 Å². The Morgan fingerprint density at radius 2 is 2.36 bits per heavy atom. The van der Waals surface area contributed by atoms with Crippen LogP contribution in [0.4, 0.5) is 0 Å². The molecular weight excluding hydrogens is 265 g/mol. The molecule has 1 N–H and O–H groups in total. The van der Waals surface area contributed by atoms with Gasteiger partial charge >= 0.3 is 0 Å².